The second-order valence-corrected chi connectivity index (χ2v) is 4.99. The predicted molar refractivity (Wildman–Crippen MR) is 65.2 cm³/mol. The number of carboxylic acids is 1. The van der Waals surface area contributed by atoms with Gasteiger partial charge in [-0.3, -0.25) is 9.59 Å². The summed E-state index contributed by atoms with van der Waals surface area (Å²) in [6.45, 7) is 3.04. The molecule has 1 aliphatic rings. The standard InChI is InChI=1S/C13H11ClO3/c1-13(2,12(16)17)10-6-7-5-8(14)3-4-9(7)11(10)15/h3-6H,1-2H3,(H,16,17). The molecule has 17 heavy (non-hydrogen) atoms. The Bertz CT molecular complexity index is 556. The predicted octanol–water partition coefficient (Wildman–Crippen LogP) is 3.03. The maximum atomic E-state index is 12.1. The number of Topliss-reactive ketones (excluding diaryl/α,β-unsaturated/α-hetero) is 1. The van der Waals surface area contributed by atoms with E-state index in [1.807, 2.05) is 0 Å². The maximum Gasteiger partial charge on any atom is 0.313 e. The minimum absolute atomic E-state index is 0.232. The van der Waals surface area contributed by atoms with Crippen molar-refractivity contribution in [2.75, 3.05) is 0 Å². The van der Waals surface area contributed by atoms with Crippen LogP contribution in [0.5, 0.6) is 0 Å². The molecule has 1 aliphatic carbocycles. The number of halogens is 1. The van der Waals surface area contributed by atoms with Crippen LogP contribution in [-0.2, 0) is 4.79 Å². The lowest BCUT2D eigenvalue weighted by atomic mass is 9.82. The quantitative estimate of drug-likeness (QED) is 0.878. The van der Waals surface area contributed by atoms with Crippen LogP contribution in [0.2, 0.25) is 5.02 Å². The van der Waals surface area contributed by atoms with Crippen molar-refractivity contribution in [3.8, 4) is 0 Å². The minimum atomic E-state index is -1.19. The zero-order valence-electron chi connectivity index (χ0n) is 9.45. The summed E-state index contributed by atoms with van der Waals surface area (Å²) < 4.78 is 0. The smallest absolute Gasteiger partial charge is 0.313 e. The molecule has 0 fully saturated rings. The van der Waals surface area contributed by atoms with E-state index in [1.54, 1.807) is 24.3 Å². The van der Waals surface area contributed by atoms with Crippen LogP contribution in [0, 0.1) is 5.41 Å². The molecule has 88 valence electrons. The first-order valence-corrected chi connectivity index (χ1v) is 5.51. The molecule has 0 saturated heterocycles. The maximum absolute atomic E-state index is 12.1. The van der Waals surface area contributed by atoms with Gasteiger partial charge in [0.25, 0.3) is 0 Å². The van der Waals surface area contributed by atoms with E-state index in [9.17, 15) is 9.59 Å². The Balaban J connectivity index is 2.53. The molecule has 0 aliphatic heterocycles. The SMILES string of the molecule is CC(C)(C(=O)O)C1=Cc2cc(Cl)ccc2C1=O. The van der Waals surface area contributed by atoms with Crippen LogP contribution < -0.4 is 0 Å². The molecule has 0 radical (unpaired) electrons. The second kappa shape index (κ2) is 3.70. The number of rotatable bonds is 2. The Hall–Kier alpha value is -1.61. The van der Waals surface area contributed by atoms with Crippen LogP contribution in [0.4, 0.5) is 0 Å². The van der Waals surface area contributed by atoms with Crippen molar-refractivity contribution in [2.45, 2.75) is 13.8 Å². The Morgan fingerprint density at radius 2 is 2.00 bits per heavy atom. The Morgan fingerprint density at radius 1 is 1.35 bits per heavy atom. The van der Waals surface area contributed by atoms with Crippen LogP contribution in [0.1, 0.15) is 29.8 Å². The van der Waals surface area contributed by atoms with Gasteiger partial charge in [-0.25, -0.2) is 0 Å². The third-order valence-electron chi connectivity index (χ3n) is 3.01. The highest BCUT2D eigenvalue weighted by molar-refractivity contribution is 6.31. The number of carboxylic acid groups (broad SMARTS) is 1. The third-order valence-corrected chi connectivity index (χ3v) is 3.25. The molecule has 2 rings (SSSR count). The van der Waals surface area contributed by atoms with E-state index in [2.05, 4.69) is 0 Å². The topological polar surface area (TPSA) is 54.4 Å². The van der Waals surface area contributed by atoms with Gasteiger partial charge < -0.3 is 5.11 Å². The molecule has 0 amide bonds. The second-order valence-electron chi connectivity index (χ2n) is 4.55. The summed E-state index contributed by atoms with van der Waals surface area (Å²) in [5, 5.41) is 9.66. The fourth-order valence-electron chi connectivity index (χ4n) is 1.81. The van der Waals surface area contributed by atoms with Crippen LogP contribution >= 0.6 is 11.6 Å². The lowest BCUT2D eigenvalue weighted by Gasteiger charge is -2.19. The summed E-state index contributed by atoms with van der Waals surface area (Å²) in [7, 11) is 0. The van der Waals surface area contributed by atoms with Gasteiger partial charge >= 0.3 is 5.97 Å². The third kappa shape index (κ3) is 1.76. The fraction of sp³-hybridized carbons (Fsp3) is 0.231. The van der Waals surface area contributed by atoms with E-state index in [0.29, 0.717) is 21.7 Å². The molecule has 0 bridgehead atoms. The lowest BCUT2D eigenvalue weighted by molar-refractivity contribution is -0.144. The molecular formula is C13H11ClO3. The van der Waals surface area contributed by atoms with Crippen LogP contribution in [0.25, 0.3) is 6.08 Å². The van der Waals surface area contributed by atoms with E-state index in [0.717, 1.165) is 0 Å². The average Bonchev–Trinajstić information content (AvgIpc) is 2.55. The normalized spacial score (nSPS) is 14.5. The van der Waals surface area contributed by atoms with E-state index >= 15 is 0 Å². The molecule has 1 aromatic rings. The number of ketones is 1. The number of aliphatic carboxylic acids is 1. The highest BCUT2D eigenvalue weighted by atomic mass is 35.5. The molecule has 3 nitrogen and oxygen atoms in total. The van der Waals surface area contributed by atoms with Gasteiger partial charge in [0.1, 0.15) is 0 Å². The molecule has 0 atom stereocenters. The van der Waals surface area contributed by atoms with Gasteiger partial charge in [0.15, 0.2) is 5.78 Å². The van der Waals surface area contributed by atoms with Crippen molar-refractivity contribution >= 4 is 29.4 Å². The first-order valence-electron chi connectivity index (χ1n) is 5.14. The largest absolute Gasteiger partial charge is 0.481 e. The first-order chi connectivity index (χ1) is 7.84. The Labute approximate surface area is 104 Å². The zero-order valence-corrected chi connectivity index (χ0v) is 10.2. The monoisotopic (exact) mass is 250 g/mol. The number of hydrogen-bond acceptors (Lipinski definition) is 2. The molecule has 4 heteroatoms. The summed E-state index contributed by atoms with van der Waals surface area (Å²) >= 11 is 5.84. The van der Waals surface area contributed by atoms with Crippen LogP contribution in [0.3, 0.4) is 0 Å². The highest BCUT2D eigenvalue weighted by Gasteiger charge is 2.39. The first kappa shape index (κ1) is 11.9. The molecule has 0 unspecified atom stereocenters. The highest BCUT2D eigenvalue weighted by Crippen LogP contribution is 2.37. The van der Waals surface area contributed by atoms with Crippen molar-refractivity contribution in [1.82, 2.24) is 0 Å². The van der Waals surface area contributed by atoms with Crippen molar-refractivity contribution in [2.24, 2.45) is 5.41 Å². The van der Waals surface area contributed by atoms with Crippen molar-refractivity contribution in [1.29, 1.82) is 0 Å². The molecule has 0 saturated carbocycles. The molecule has 0 heterocycles. The van der Waals surface area contributed by atoms with Gasteiger partial charge in [-0.05, 0) is 43.7 Å². The molecule has 0 aromatic heterocycles. The van der Waals surface area contributed by atoms with Gasteiger partial charge in [-0.2, -0.15) is 0 Å². The molecule has 0 spiro atoms. The molecular weight excluding hydrogens is 240 g/mol. The van der Waals surface area contributed by atoms with Crippen LogP contribution in [-0.4, -0.2) is 16.9 Å². The molecule has 1 N–H and O–H groups in total. The lowest BCUT2D eigenvalue weighted by Crippen LogP contribution is -2.28. The van der Waals surface area contributed by atoms with Gasteiger partial charge in [0, 0.05) is 16.2 Å². The van der Waals surface area contributed by atoms with Gasteiger partial charge in [-0.15, -0.1) is 0 Å². The Morgan fingerprint density at radius 3 is 2.59 bits per heavy atom. The van der Waals surface area contributed by atoms with E-state index in [-0.39, 0.29) is 5.78 Å². The van der Waals surface area contributed by atoms with Gasteiger partial charge in [-0.1, -0.05) is 11.6 Å². The number of fused-ring (bicyclic) bond motifs is 1. The van der Waals surface area contributed by atoms with Crippen molar-refractivity contribution in [3.05, 3.63) is 39.9 Å². The van der Waals surface area contributed by atoms with Crippen molar-refractivity contribution < 1.29 is 14.7 Å². The van der Waals surface area contributed by atoms with Gasteiger partial charge in [0.05, 0.1) is 5.41 Å². The summed E-state index contributed by atoms with van der Waals surface area (Å²) in [6.07, 6.45) is 1.61. The van der Waals surface area contributed by atoms with E-state index in [1.165, 1.54) is 13.8 Å². The minimum Gasteiger partial charge on any atom is -0.481 e. The summed E-state index contributed by atoms with van der Waals surface area (Å²) in [5.41, 5.74) is 0.301. The number of hydrogen-bond donors (Lipinski definition) is 1. The zero-order chi connectivity index (χ0) is 12.8. The number of benzene rings is 1. The summed E-state index contributed by atoms with van der Waals surface area (Å²) in [4.78, 5) is 23.2. The Kier molecular flexibility index (Phi) is 2.59. The number of carbonyl (C=O) groups excluding carboxylic acids is 1. The average molecular weight is 251 g/mol. The summed E-state index contributed by atoms with van der Waals surface area (Å²) in [5.74, 6) is -1.25. The summed E-state index contributed by atoms with van der Waals surface area (Å²) in [6, 6.07) is 4.92. The van der Waals surface area contributed by atoms with Crippen LogP contribution in [0.15, 0.2) is 23.8 Å². The fourth-order valence-corrected chi connectivity index (χ4v) is 1.99. The number of carbonyl (C=O) groups is 2. The van der Waals surface area contributed by atoms with Gasteiger partial charge in [0.2, 0.25) is 0 Å². The van der Waals surface area contributed by atoms with E-state index in [4.69, 9.17) is 16.7 Å². The molecule has 1 aromatic carbocycles. The van der Waals surface area contributed by atoms with E-state index < -0.39 is 11.4 Å². The van der Waals surface area contributed by atoms with Crippen molar-refractivity contribution in [3.63, 3.8) is 0 Å².